The van der Waals surface area contributed by atoms with Gasteiger partial charge in [0.2, 0.25) is 0 Å². The number of benzene rings is 3. The summed E-state index contributed by atoms with van der Waals surface area (Å²) in [4.78, 5) is 12.4. The Hall–Kier alpha value is -3.22. The predicted octanol–water partition coefficient (Wildman–Crippen LogP) is 5.66. The highest BCUT2D eigenvalue weighted by atomic mass is 35.5. The fraction of sp³-hybridized carbons (Fsp3) is 0.167. The van der Waals surface area contributed by atoms with Gasteiger partial charge < -0.3 is 14.2 Å². The Morgan fingerprint density at radius 2 is 1.75 bits per heavy atom. The molecular weight excluding hydrogens is 451 g/mol. The van der Waals surface area contributed by atoms with E-state index in [1.807, 2.05) is 19.1 Å². The molecule has 0 aliphatic heterocycles. The molecule has 0 saturated carbocycles. The van der Waals surface area contributed by atoms with Crippen LogP contribution in [0, 0.1) is 6.92 Å². The quantitative estimate of drug-likeness (QED) is 0.339. The van der Waals surface area contributed by atoms with Crippen LogP contribution in [0.3, 0.4) is 0 Å². The van der Waals surface area contributed by atoms with Crippen molar-refractivity contribution in [3.63, 3.8) is 0 Å². The van der Waals surface area contributed by atoms with Gasteiger partial charge in [-0.2, -0.15) is 5.10 Å². The average Bonchev–Trinajstić information content (AvgIpc) is 2.78. The van der Waals surface area contributed by atoms with Gasteiger partial charge in [0.05, 0.1) is 26.0 Å². The Bertz CT molecular complexity index is 1150. The average molecular weight is 473 g/mol. The molecular formula is C24H22Cl2N2O4. The zero-order valence-corrected chi connectivity index (χ0v) is 19.3. The van der Waals surface area contributed by atoms with Crippen molar-refractivity contribution < 1.29 is 19.0 Å². The Labute approximate surface area is 196 Å². The van der Waals surface area contributed by atoms with Crippen molar-refractivity contribution >= 4 is 35.3 Å². The topological polar surface area (TPSA) is 69.2 Å². The summed E-state index contributed by atoms with van der Waals surface area (Å²) in [5, 5.41) is 5.12. The first-order valence-electron chi connectivity index (χ1n) is 9.64. The first-order chi connectivity index (χ1) is 15.4. The van der Waals surface area contributed by atoms with Crippen molar-refractivity contribution in [2.24, 2.45) is 5.10 Å². The smallest absolute Gasteiger partial charge is 0.275 e. The van der Waals surface area contributed by atoms with Crippen LogP contribution in [0.1, 0.15) is 27.0 Å². The number of hydrogen-bond donors (Lipinski definition) is 1. The summed E-state index contributed by atoms with van der Waals surface area (Å²) in [6, 6.07) is 15.9. The first kappa shape index (κ1) is 23.4. The molecule has 8 heteroatoms. The van der Waals surface area contributed by atoms with E-state index in [9.17, 15) is 4.79 Å². The summed E-state index contributed by atoms with van der Waals surface area (Å²) in [6.07, 6.45) is 1.51. The molecule has 0 fully saturated rings. The number of rotatable bonds is 8. The third-order valence-corrected chi connectivity index (χ3v) is 5.15. The molecule has 0 radical (unpaired) electrons. The number of nitrogens with zero attached hydrogens (tertiary/aromatic N) is 1. The summed E-state index contributed by atoms with van der Waals surface area (Å²) < 4.78 is 16.5. The highest BCUT2D eigenvalue weighted by molar-refractivity contribution is 6.35. The molecule has 0 spiro atoms. The van der Waals surface area contributed by atoms with E-state index in [0.717, 1.165) is 16.7 Å². The molecule has 166 valence electrons. The maximum Gasteiger partial charge on any atom is 0.275 e. The molecule has 0 saturated heterocycles. The van der Waals surface area contributed by atoms with Crippen molar-refractivity contribution in [1.82, 2.24) is 5.43 Å². The molecule has 0 aromatic heterocycles. The molecule has 0 atom stereocenters. The fourth-order valence-electron chi connectivity index (χ4n) is 2.89. The SMILES string of the molecule is COc1cc(/C=N\NC(=O)c2ccc(C)cc2OC)ccc1OCc1ccc(Cl)cc1Cl. The number of methoxy groups -OCH3 is 2. The second-order valence-corrected chi connectivity index (χ2v) is 7.68. The second kappa shape index (κ2) is 10.9. The van der Waals surface area contributed by atoms with Crippen LogP contribution in [0.15, 0.2) is 59.7 Å². The summed E-state index contributed by atoms with van der Waals surface area (Å²) in [7, 11) is 3.06. The van der Waals surface area contributed by atoms with Crippen molar-refractivity contribution in [2.75, 3.05) is 14.2 Å². The molecule has 0 heterocycles. The molecule has 0 aliphatic carbocycles. The van der Waals surface area contributed by atoms with Gasteiger partial charge >= 0.3 is 0 Å². The van der Waals surface area contributed by atoms with E-state index in [1.165, 1.54) is 13.3 Å². The van der Waals surface area contributed by atoms with E-state index in [2.05, 4.69) is 10.5 Å². The highest BCUT2D eigenvalue weighted by Crippen LogP contribution is 2.30. The molecule has 3 aromatic carbocycles. The second-order valence-electron chi connectivity index (χ2n) is 6.84. The molecule has 0 unspecified atom stereocenters. The van der Waals surface area contributed by atoms with Gasteiger partial charge in [-0.1, -0.05) is 35.3 Å². The Kier molecular flexibility index (Phi) is 7.98. The maximum absolute atomic E-state index is 12.4. The molecule has 32 heavy (non-hydrogen) atoms. The first-order valence-corrected chi connectivity index (χ1v) is 10.4. The van der Waals surface area contributed by atoms with Crippen LogP contribution in [-0.4, -0.2) is 26.3 Å². The van der Waals surface area contributed by atoms with Gasteiger partial charge in [-0.3, -0.25) is 4.79 Å². The Balaban J connectivity index is 1.66. The number of carbonyl (C=O) groups is 1. The molecule has 3 aromatic rings. The lowest BCUT2D eigenvalue weighted by Crippen LogP contribution is -2.18. The van der Waals surface area contributed by atoms with E-state index in [4.69, 9.17) is 37.4 Å². The minimum Gasteiger partial charge on any atom is -0.496 e. The van der Waals surface area contributed by atoms with E-state index in [0.29, 0.717) is 32.9 Å². The van der Waals surface area contributed by atoms with Crippen LogP contribution in [0.25, 0.3) is 0 Å². The van der Waals surface area contributed by atoms with Crippen LogP contribution < -0.4 is 19.6 Å². The summed E-state index contributed by atoms with van der Waals surface area (Å²) in [5.41, 5.74) is 5.42. The lowest BCUT2D eigenvalue weighted by atomic mass is 10.1. The number of nitrogens with one attached hydrogen (secondary N) is 1. The van der Waals surface area contributed by atoms with Gasteiger partial charge in [0.15, 0.2) is 11.5 Å². The highest BCUT2D eigenvalue weighted by Gasteiger charge is 2.12. The number of hydrogen-bond acceptors (Lipinski definition) is 5. The van der Waals surface area contributed by atoms with Crippen molar-refractivity contribution in [2.45, 2.75) is 13.5 Å². The van der Waals surface area contributed by atoms with Gasteiger partial charge in [-0.15, -0.1) is 0 Å². The van der Waals surface area contributed by atoms with E-state index in [1.54, 1.807) is 49.6 Å². The zero-order chi connectivity index (χ0) is 23.1. The Morgan fingerprint density at radius 1 is 0.969 bits per heavy atom. The van der Waals surface area contributed by atoms with Gasteiger partial charge in [-0.05, 0) is 60.5 Å². The molecule has 1 amide bonds. The fourth-order valence-corrected chi connectivity index (χ4v) is 3.35. The molecule has 3 rings (SSSR count). The Morgan fingerprint density at radius 3 is 2.47 bits per heavy atom. The maximum atomic E-state index is 12.4. The van der Waals surface area contributed by atoms with E-state index >= 15 is 0 Å². The predicted molar refractivity (Wildman–Crippen MR) is 127 cm³/mol. The van der Waals surface area contributed by atoms with Crippen LogP contribution in [-0.2, 0) is 6.61 Å². The van der Waals surface area contributed by atoms with Gasteiger partial charge in [0.25, 0.3) is 5.91 Å². The van der Waals surface area contributed by atoms with Crippen molar-refractivity contribution in [1.29, 1.82) is 0 Å². The van der Waals surface area contributed by atoms with Crippen LogP contribution in [0.5, 0.6) is 17.2 Å². The van der Waals surface area contributed by atoms with E-state index in [-0.39, 0.29) is 12.5 Å². The minimum atomic E-state index is -0.370. The number of carbonyl (C=O) groups excluding carboxylic acids is 1. The zero-order valence-electron chi connectivity index (χ0n) is 17.8. The number of aryl methyl sites for hydroxylation is 1. The van der Waals surface area contributed by atoms with Crippen LogP contribution in [0.4, 0.5) is 0 Å². The van der Waals surface area contributed by atoms with Crippen LogP contribution >= 0.6 is 23.2 Å². The third-order valence-electron chi connectivity index (χ3n) is 4.57. The molecule has 0 aliphatic rings. The number of hydrazone groups is 1. The third kappa shape index (κ3) is 5.93. The number of amides is 1. The van der Waals surface area contributed by atoms with Gasteiger partial charge in [0, 0.05) is 15.6 Å². The summed E-state index contributed by atoms with van der Waals surface area (Å²) in [6.45, 7) is 2.18. The van der Waals surface area contributed by atoms with E-state index < -0.39 is 0 Å². The largest absolute Gasteiger partial charge is 0.496 e. The minimum absolute atomic E-state index is 0.258. The normalized spacial score (nSPS) is 10.8. The van der Waals surface area contributed by atoms with Crippen molar-refractivity contribution in [3.05, 3.63) is 86.9 Å². The lowest BCUT2D eigenvalue weighted by molar-refractivity contribution is 0.0952. The lowest BCUT2D eigenvalue weighted by Gasteiger charge is -2.12. The molecule has 0 bridgehead atoms. The van der Waals surface area contributed by atoms with Gasteiger partial charge in [-0.25, -0.2) is 5.43 Å². The monoisotopic (exact) mass is 472 g/mol. The van der Waals surface area contributed by atoms with Gasteiger partial charge in [0.1, 0.15) is 12.4 Å². The summed E-state index contributed by atoms with van der Waals surface area (Å²) >= 11 is 12.1. The number of halogens is 2. The molecule has 6 nitrogen and oxygen atoms in total. The van der Waals surface area contributed by atoms with Crippen molar-refractivity contribution in [3.8, 4) is 17.2 Å². The molecule has 1 N–H and O–H groups in total. The number of ether oxygens (including phenoxy) is 3. The van der Waals surface area contributed by atoms with Crippen LogP contribution in [0.2, 0.25) is 10.0 Å². The summed E-state index contributed by atoms with van der Waals surface area (Å²) in [5.74, 6) is 1.18. The standard InChI is InChI=1S/C24H22Cl2N2O4/c1-15-4-8-19(22(10-15)30-2)24(29)28-27-13-16-5-9-21(23(11-16)31-3)32-14-17-6-7-18(25)12-20(17)26/h4-13H,14H2,1-3H3,(H,28,29)/b27-13-.